The highest BCUT2D eigenvalue weighted by molar-refractivity contribution is 5.85. The molecule has 2 rings (SSSR count). The number of likely N-dealkylation sites (tertiary alicyclic amines) is 1. The van der Waals surface area contributed by atoms with Crippen LogP contribution in [0.2, 0.25) is 0 Å². The number of nitrogens with two attached hydrogens (primary N) is 1. The average molecular weight is 267 g/mol. The van der Waals surface area contributed by atoms with E-state index >= 15 is 0 Å². The van der Waals surface area contributed by atoms with Crippen LogP contribution in [-0.4, -0.2) is 41.5 Å². The maximum atomic E-state index is 12.0. The number of carbonyl (C=O) groups excluding carboxylic acids is 1. The Labute approximate surface area is 117 Å². The molecule has 1 unspecified atom stereocenters. The second kappa shape index (κ2) is 6.23. The number of rotatable bonds is 4. The van der Waals surface area contributed by atoms with Crippen molar-refractivity contribution in [3.8, 4) is 0 Å². The Morgan fingerprint density at radius 3 is 2.37 bits per heavy atom. The molecule has 0 bridgehead atoms. The molecular formula is C15H29N3O. The third-order valence-electron chi connectivity index (χ3n) is 4.84. The Kier molecular flexibility index (Phi) is 4.85. The van der Waals surface area contributed by atoms with Gasteiger partial charge in [-0.1, -0.05) is 25.7 Å². The van der Waals surface area contributed by atoms with Crippen LogP contribution in [0.5, 0.6) is 0 Å². The van der Waals surface area contributed by atoms with E-state index in [0.717, 1.165) is 19.5 Å². The van der Waals surface area contributed by atoms with Crippen molar-refractivity contribution in [2.45, 2.75) is 76.4 Å². The summed E-state index contributed by atoms with van der Waals surface area (Å²) < 4.78 is 0. The molecule has 0 aromatic rings. The molecule has 2 aliphatic rings. The summed E-state index contributed by atoms with van der Waals surface area (Å²) in [7, 11) is 0. The van der Waals surface area contributed by atoms with Crippen LogP contribution in [-0.2, 0) is 4.79 Å². The Bertz CT molecular complexity index is 311. The predicted octanol–water partition coefficient (Wildman–Crippen LogP) is 1.64. The second-order valence-corrected chi connectivity index (χ2v) is 6.59. The monoisotopic (exact) mass is 267 g/mol. The van der Waals surface area contributed by atoms with E-state index in [-0.39, 0.29) is 5.91 Å². The molecule has 110 valence electrons. The molecule has 0 aromatic heterocycles. The number of nitrogens with zero attached hydrogens (tertiary/aromatic N) is 1. The number of carbonyl (C=O) groups is 1. The predicted molar refractivity (Wildman–Crippen MR) is 77.9 cm³/mol. The highest BCUT2D eigenvalue weighted by Crippen LogP contribution is 2.26. The third-order valence-corrected chi connectivity index (χ3v) is 4.84. The van der Waals surface area contributed by atoms with Crippen LogP contribution in [0, 0.1) is 0 Å². The van der Waals surface area contributed by atoms with E-state index in [1.165, 1.54) is 38.5 Å². The Morgan fingerprint density at radius 1 is 1.26 bits per heavy atom. The summed E-state index contributed by atoms with van der Waals surface area (Å²) in [6.07, 6.45) is 8.46. The van der Waals surface area contributed by atoms with Crippen molar-refractivity contribution < 1.29 is 4.79 Å². The summed E-state index contributed by atoms with van der Waals surface area (Å²) in [5, 5.41) is 3.64. The first-order valence-corrected chi connectivity index (χ1v) is 7.85. The van der Waals surface area contributed by atoms with Gasteiger partial charge in [-0.15, -0.1) is 0 Å². The molecule has 1 aliphatic heterocycles. The Morgan fingerprint density at radius 2 is 1.89 bits per heavy atom. The summed E-state index contributed by atoms with van der Waals surface area (Å²) in [5.74, 6) is -0.167. The summed E-state index contributed by atoms with van der Waals surface area (Å²) in [6, 6.07) is 0.958. The second-order valence-electron chi connectivity index (χ2n) is 6.59. The van der Waals surface area contributed by atoms with Crippen molar-refractivity contribution >= 4 is 5.91 Å². The molecule has 4 heteroatoms. The molecule has 1 heterocycles. The molecule has 0 radical (unpaired) electrons. The van der Waals surface area contributed by atoms with Gasteiger partial charge >= 0.3 is 0 Å². The topological polar surface area (TPSA) is 58.4 Å². The summed E-state index contributed by atoms with van der Waals surface area (Å²) >= 11 is 0. The maximum Gasteiger partial charge on any atom is 0.239 e. The van der Waals surface area contributed by atoms with Gasteiger partial charge in [0.25, 0.3) is 0 Å². The lowest BCUT2D eigenvalue weighted by molar-refractivity contribution is -0.124. The standard InChI is InChI=1S/C15H29N3O/c1-12(2)18-10-9-15(11-18,14(16)19)17-13-7-5-3-4-6-8-13/h12-13,17H,3-11H2,1-2H3,(H2,16,19). The summed E-state index contributed by atoms with van der Waals surface area (Å²) in [5.41, 5.74) is 5.24. The number of hydrogen-bond donors (Lipinski definition) is 2. The Hall–Kier alpha value is -0.610. The zero-order chi connectivity index (χ0) is 13.9. The van der Waals surface area contributed by atoms with Gasteiger partial charge in [0, 0.05) is 25.2 Å². The van der Waals surface area contributed by atoms with Gasteiger partial charge in [0.1, 0.15) is 5.54 Å². The van der Waals surface area contributed by atoms with Gasteiger partial charge in [0.15, 0.2) is 0 Å². The zero-order valence-electron chi connectivity index (χ0n) is 12.5. The number of amides is 1. The van der Waals surface area contributed by atoms with Crippen molar-refractivity contribution in [3.63, 3.8) is 0 Å². The first kappa shape index (κ1) is 14.8. The van der Waals surface area contributed by atoms with Crippen LogP contribution in [0.15, 0.2) is 0 Å². The Balaban J connectivity index is 2.02. The molecule has 4 nitrogen and oxygen atoms in total. The lowest BCUT2D eigenvalue weighted by atomic mass is 9.94. The van der Waals surface area contributed by atoms with E-state index in [0.29, 0.717) is 12.1 Å². The number of nitrogens with one attached hydrogen (secondary N) is 1. The summed E-state index contributed by atoms with van der Waals surface area (Å²) in [4.78, 5) is 14.3. The van der Waals surface area contributed by atoms with Crippen molar-refractivity contribution in [1.82, 2.24) is 10.2 Å². The van der Waals surface area contributed by atoms with Crippen LogP contribution in [0.25, 0.3) is 0 Å². The molecule has 1 atom stereocenters. The van der Waals surface area contributed by atoms with E-state index in [2.05, 4.69) is 24.1 Å². The molecule has 2 fully saturated rings. The van der Waals surface area contributed by atoms with E-state index in [1.807, 2.05) is 0 Å². The fraction of sp³-hybridized carbons (Fsp3) is 0.933. The minimum atomic E-state index is -0.487. The fourth-order valence-corrected chi connectivity index (χ4v) is 3.48. The number of hydrogen-bond acceptors (Lipinski definition) is 3. The molecule has 1 saturated heterocycles. The molecule has 0 spiro atoms. The van der Waals surface area contributed by atoms with Crippen molar-refractivity contribution in [1.29, 1.82) is 0 Å². The van der Waals surface area contributed by atoms with Crippen molar-refractivity contribution in [3.05, 3.63) is 0 Å². The maximum absolute atomic E-state index is 12.0. The SMILES string of the molecule is CC(C)N1CCC(NC2CCCCCC2)(C(N)=O)C1. The van der Waals surface area contributed by atoms with Crippen LogP contribution in [0.1, 0.15) is 58.8 Å². The van der Waals surface area contributed by atoms with Crippen LogP contribution >= 0.6 is 0 Å². The largest absolute Gasteiger partial charge is 0.368 e. The van der Waals surface area contributed by atoms with E-state index in [1.54, 1.807) is 0 Å². The average Bonchev–Trinajstić information content (AvgIpc) is 2.63. The minimum absolute atomic E-state index is 0.167. The quantitative estimate of drug-likeness (QED) is 0.761. The van der Waals surface area contributed by atoms with Gasteiger partial charge in [-0.3, -0.25) is 15.0 Å². The van der Waals surface area contributed by atoms with Crippen LogP contribution in [0.3, 0.4) is 0 Å². The normalized spacial score (nSPS) is 30.7. The highest BCUT2D eigenvalue weighted by atomic mass is 16.1. The van der Waals surface area contributed by atoms with Gasteiger partial charge in [-0.2, -0.15) is 0 Å². The molecule has 0 aromatic carbocycles. The lowest BCUT2D eigenvalue weighted by Crippen LogP contribution is -2.60. The van der Waals surface area contributed by atoms with Crippen molar-refractivity contribution in [2.75, 3.05) is 13.1 Å². The lowest BCUT2D eigenvalue weighted by Gasteiger charge is -2.33. The molecule has 3 N–H and O–H groups in total. The molecule has 1 aliphatic carbocycles. The smallest absolute Gasteiger partial charge is 0.239 e. The van der Waals surface area contributed by atoms with Crippen LogP contribution in [0.4, 0.5) is 0 Å². The first-order chi connectivity index (χ1) is 9.03. The van der Waals surface area contributed by atoms with Gasteiger partial charge < -0.3 is 5.73 Å². The zero-order valence-corrected chi connectivity index (χ0v) is 12.5. The van der Waals surface area contributed by atoms with Crippen LogP contribution < -0.4 is 11.1 Å². The van der Waals surface area contributed by atoms with E-state index in [9.17, 15) is 4.79 Å². The third kappa shape index (κ3) is 3.48. The van der Waals surface area contributed by atoms with Gasteiger partial charge in [0.05, 0.1) is 0 Å². The summed E-state index contributed by atoms with van der Waals surface area (Å²) in [6.45, 7) is 6.11. The van der Waals surface area contributed by atoms with E-state index < -0.39 is 5.54 Å². The highest BCUT2D eigenvalue weighted by Gasteiger charge is 2.44. The molecule has 19 heavy (non-hydrogen) atoms. The molecular weight excluding hydrogens is 238 g/mol. The molecule has 1 saturated carbocycles. The van der Waals surface area contributed by atoms with Crippen molar-refractivity contribution in [2.24, 2.45) is 5.73 Å². The fourth-order valence-electron chi connectivity index (χ4n) is 3.48. The van der Waals surface area contributed by atoms with Gasteiger partial charge in [-0.05, 0) is 33.1 Å². The molecule has 1 amide bonds. The van der Waals surface area contributed by atoms with Gasteiger partial charge in [-0.25, -0.2) is 0 Å². The van der Waals surface area contributed by atoms with Gasteiger partial charge in [0.2, 0.25) is 5.91 Å². The number of primary amides is 1. The minimum Gasteiger partial charge on any atom is -0.368 e. The first-order valence-electron chi connectivity index (χ1n) is 7.85. The van der Waals surface area contributed by atoms with E-state index in [4.69, 9.17) is 5.73 Å².